The summed E-state index contributed by atoms with van der Waals surface area (Å²) in [5, 5.41) is 0. The Hall–Kier alpha value is -1.78. The molecule has 1 aromatic carbocycles. The van der Waals surface area contributed by atoms with Gasteiger partial charge in [0.1, 0.15) is 0 Å². The van der Waals surface area contributed by atoms with Gasteiger partial charge in [0.05, 0.1) is 22.9 Å². The van der Waals surface area contributed by atoms with E-state index < -0.39 is 11.7 Å². The highest BCUT2D eigenvalue weighted by Gasteiger charge is 2.40. The van der Waals surface area contributed by atoms with E-state index in [0.29, 0.717) is 23.9 Å². The number of alkyl halides is 3. The normalized spacial score (nSPS) is 17.9. The van der Waals surface area contributed by atoms with Crippen molar-refractivity contribution in [3.8, 4) is 0 Å². The van der Waals surface area contributed by atoms with E-state index in [4.69, 9.17) is 0 Å². The second-order valence-electron chi connectivity index (χ2n) is 7.61. The Morgan fingerprint density at radius 3 is 2.58 bits per heavy atom. The fraction of sp³-hybridized carbons (Fsp3) is 0.526. The zero-order valence-corrected chi connectivity index (χ0v) is 14.4. The number of benzene rings is 1. The number of aryl methyl sites for hydroxylation is 2. The molecule has 0 saturated heterocycles. The molecule has 0 aliphatic heterocycles. The van der Waals surface area contributed by atoms with Gasteiger partial charge in [0.2, 0.25) is 0 Å². The molecular formula is C19H23F3N2. The average molecular weight is 336 g/mol. The van der Waals surface area contributed by atoms with E-state index in [1.165, 1.54) is 6.07 Å². The van der Waals surface area contributed by atoms with Gasteiger partial charge < -0.3 is 4.57 Å². The van der Waals surface area contributed by atoms with Gasteiger partial charge in [0.15, 0.2) is 0 Å². The van der Waals surface area contributed by atoms with Gasteiger partial charge in [-0.25, -0.2) is 4.98 Å². The lowest BCUT2D eigenvalue weighted by atomic mass is 9.68. The van der Waals surface area contributed by atoms with Crippen LogP contribution in [-0.2, 0) is 12.6 Å². The van der Waals surface area contributed by atoms with Crippen molar-refractivity contribution in [2.45, 2.75) is 58.7 Å². The highest BCUT2D eigenvalue weighted by Crippen LogP contribution is 2.49. The third-order valence-corrected chi connectivity index (χ3v) is 5.10. The molecule has 0 N–H and O–H groups in total. The minimum atomic E-state index is -4.38. The number of hydrogen-bond donors (Lipinski definition) is 0. The zero-order chi connectivity index (χ0) is 17.7. The van der Waals surface area contributed by atoms with Crippen LogP contribution in [0.5, 0.6) is 0 Å². The molecule has 0 unspecified atom stereocenters. The van der Waals surface area contributed by atoms with Crippen LogP contribution in [0.15, 0.2) is 25.0 Å². The maximum atomic E-state index is 13.7. The molecule has 130 valence electrons. The molecule has 0 atom stereocenters. The average Bonchev–Trinajstić information content (AvgIpc) is 2.87. The fourth-order valence-electron chi connectivity index (χ4n) is 3.83. The lowest BCUT2D eigenvalue weighted by Gasteiger charge is -2.43. The van der Waals surface area contributed by atoms with Crippen molar-refractivity contribution < 1.29 is 13.2 Å². The minimum Gasteiger partial charge on any atom is -0.327 e. The van der Waals surface area contributed by atoms with Crippen LogP contribution in [0.1, 0.15) is 55.8 Å². The first-order valence-corrected chi connectivity index (χ1v) is 8.31. The Labute approximate surface area is 140 Å². The van der Waals surface area contributed by atoms with Crippen LogP contribution in [0.4, 0.5) is 13.2 Å². The van der Waals surface area contributed by atoms with Crippen LogP contribution < -0.4 is 0 Å². The largest absolute Gasteiger partial charge is 0.418 e. The number of rotatable bonds is 4. The van der Waals surface area contributed by atoms with E-state index in [2.05, 4.69) is 25.4 Å². The Balaban J connectivity index is 2.16. The summed E-state index contributed by atoms with van der Waals surface area (Å²) in [6, 6.07) is 1.41. The number of allylic oxidation sites excluding steroid dienone is 1. The maximum Gasteiger partial charge on any atom is 0.418 e. The molecule has 3 rings (SSSR count). The SMILES string of the molecule is C=CCCc1cc(C(F)(F)F)c2c(ncn2C2CC(C)(C)C2)c1C. The van der Waals surface area contributed by atoms with Crippen molar-refractivity contribution in [3.63, 3.8) is 0 Å². The van der Waals surface area contributed by atoms with Crippen LogP contribution in [0.25, 0.3) is 11.0 Å². The molecule has 0 radical (unpaired) electrons. The predicted molar refractivity (Wildman–Crippen MR) is 90.0 cm³/mol. The summed E-state index contributed by atoms with van der Waals surface area (Å²) >= 11 is 0. The zero-order valence-electron chi connectivity index (χ0n) is 14.4. The standard InChI is InChI=1S/C19H23F3N2/c1-5-6-7-13-8-15(19(20,21)22)17-16(12(13)2)23-11-24(17)14-9-18(3,4)10-14/h5,8,11,14H,1,6-7,9-10H2,2-4H3. The van der Waals surface area contributed by atoms with Crippen molar-refractivity contribution in [1.82, 2.24) is 9.55 Å². The number of imidazole rings is 1. The fourth-order valence-corrected chi connectivity index (χ4v) is 3.83. The van der Waals surface area contributed by atoms with Gasteiger partial charge in [-0.15, -0.1) is 6.58 Å². The van der Waals surface area contributed by atoms with Crippen LogP contribution in [0, 0.1) is 12.3 Å². The molecule has 24 heavy (non-hydrogen) atoms. The quantitative estimate of drug-likeness (QED) is 0.641. The summed E-state index contributed by atoms with van der Waals surface area (Å²) in [5.41, 5.74) is 1.89. The van der Waals surface area contributed by atoms with Gasteiger partial charge in [-0.1, -0.05) is 19.9 Å². The number of hydrogen-bond acceptors (Lipinski definition) is 1. The first-order chi connectivity index (χ1) is 11.1. The van der Waals surface area contributed by atoms with Crippen molar-refractivity contribution in [1.29, 1.82) is 0 Å². The highest BCUT2D eigenvalue weighted by atomic mass is 19.4. The van der Waals surface area contributed by atoms with Crippen molar-refractivity contribution in [3.05, 3.63) is 41.7 Å². The summed E-state index contributed by atoms with van der Waals surface area (Å²) in [6.45, 7) is 9.81. The summed E-state index contributed by atoms with van der Waals surface area (Å²) in [4.78, 5) is 4.35. The van der Waals surface area contributed by atoms with Crippen molar-refractivity contribution in [2.75, 3.05) is 0 Å². The van der Waals surface area contributed by atoms with Crippen molar-refractivity contribution in [2.24, 2.45) is 5.41 Å². The lowest BCUT2D eigenvalue weighted by Crippen LogP contribution is -2.33. The highest BCUT2D eigenvalue weighted by molar-refractivity contribution is 5.84. The third kappa shape index (κ3) is 2.85. The van der Waals surface area contributed by atoms with Crippen LogP contribution >= 0.6 is 0 Å². The molecule has 0 bridgehead atoms. The summed E-state index contributed by atoms with van der Waals surface area (Å²) in [6.07, 6.45) is 1.90. The molecule has 1 aromatic heterocycles. The van der Waals surface area contributed by atoms with Crippen LogP contribution in [0.3, 0.4) is 0 Å². The summed E-state index contributed by atoms with van der Waals surface area (Å²) in [7, 11) is 0. The molecule has 2 aromatic rings. The van der Waals surface area contributed by atoms with E-state index in [9.17, 15) is 13.2 Å². The van der Waals surface area contributed by atoms with Crippen LogP contribution in [-0.4, -0.2) is 9.55 Å². The van der Waals surface area contributed by atoms with E-state index in [0.717, 1.165) is 18.4 Å². The number of fused-ring (bicyclic) bond motifs is 1. The maximum absolute atomic E-state index is 13.7. The first-order valence-electron chi connectivity index (χ1n) is 8.31. The van der Waals surface area contributed by atoms with Gasteiger partial charge in [-0.05, 0) is 55.2 Å². The molecule has 5 heteroatoms. The number of halogens is 3. The third-order valence-electron chi connectivity index (χ3n) is 5.10. The summed E-state index contributed by atoms with van der Waals surface area (Å²) in [5.74, 6) is 0. The molecule has 1 fully saturated rings. The van der Waals surface area contributed by atoms with E-state index in [-0.39, 0.29) is 17.0 Å². The second kappa shape index (κ2) is 5.64. The van der Waals surface area contributed by atoms with Gasteiger partial charge in [0.25, 0.3) is 0 Å². The number of aromatic nitrogens is 2. The van der Waals surface area contributed by atoms with Gasteiger partial charge in [0, 0.05) is 6.04 Å². The first kappa shape index (κ1) is 17.1. The molecule has 1 aliphatic rings. The second-order valence-corrected chi connectivity index (χ2v) is 7.61. The van der Waals surface area contributed by atoms with Gasteiger partial charge in [-0.3, -0.25) is 0 Å². The molecule has 2 nitrogen and oxygen atoms in total. The molecule has 1 aliphatic carbocycles. The van der Waals surface area contributed by atoms with E-state index in [1.807, 2.05) is 6.92 Å². The smallest absolute Gasteiger partial charge is 0.327 e. The number of nitrogens with zero attached hydrogens (tertiary/aromatic N) is 2. The molecular weight excluding hydrogens is 313 g/mol. The predicted octanol–water partition coefficient (Wildman–Crippen LogP) is 5.84. The Bertz CT molecular complexity index is 776. The molecule has 0 amide bonds. The molecule has 1 heterocycles. The summed E-state index contributed by atoms with van der Waals surface area (Å²) < 4.78 is 42.8. The van der Waals surface area contributed by atoms with Crippen molar-refractivity contribution >= 4 is 11.0 Å². The molecule has 0 spiro atoms. The minimum absolute atomic E-state index is 0.101. The lowest BCUT2D eigenvalue weighted by molar-refractivity contribution is -0.136. The van der Waals surface area contributed by atoms with Crippen LogP contribution in [0.2, 0.25) is 0 Å². The Morgan fingerprint density at radius 2 is 2.04 bits per heavy atom. The Morgan fingerprint density at radius 1 is 1.38 bits per heavy atom. The monoisotopic (exact) mass is 336 g/mol. The van der Waals surface area contributed by atoms with Gasteiger partial charge >= 0.3 is 6.18 Å². The molecule has 1 saturated carbocycles. The van der Waals surface area contributed by atoms with Gasteiger partial charge in [-0.2, -0.15) is 13.2 Å². The van der Waals surface area contributed by atoms with E-state index >= 15 is 0 Å². The Kier molecular flexibility index (Phi) is 4.01. The van der Waals surface area contributed by atoms with E-state index in [1.54, 1.807) is 17.0 Å². The topological polar surface area (TPSA) is 17.8 Å².